The summed E-state index contributed by atoms with van der Waals surface area (Å²) >= 11 is 13.1. The van der Waals surface area contributed by atoms with Crippen molar-refractivity contribution in [1.82, 2.24) is 4.98 Å². The molecule has 0 radical (unpaired) electrons. The van der Waals surface area contributed by atoms with E-state index in [2.05, 4.69) is 4.98 Å². The zero-order valence-electron chi connectivity index (χ0n) is 14.4. The van der Waals surface area contributed by atoms with Crippen molar-refractivity contribution in [3.63, 3.8) is 0 Å². The lowest BCUT2D eigenvalue weighted by Gasteiger charge is -2.24. The molecular formula is C18H16Cl2N2O4S2. The fourth-order valence-electron chi connectivity index (χ4n) is 2.36. The highest BCUT2D eigenvalue weighted by molar-refractivity contribution is 7.93. The highest BCUT2D eigenvalue weighted by Gasteiger charge is 2.29. The fraction of sp³-hybridized carbons (Fsp3) is 0.167. The van der Waals surface area contributed by atoms with Crippen LogP contribution >= 0.6 is 34.5 Å². The number of anilines is 1. The molecule has 0 aliphatic heterocycles. The number of aliphatic hydroxyl groups excluding tert-OH is 1. The van der Waals surface area contributed by atoms with E-state index < -0.39 is 16.1 Å². The molecule has 0 saturated carbocycles. The average Bonchev–Trinajstić information content (AvgIpc) is 3.20. The molecule has 3 aromatic rings. The molecule has 0 fully saturated rings. The maximum Gasteiger partial charge on any atom is 0.266 e. The maximum absolute atomic E-state index is 13.0. The van der Waals surface area contributed by atoms with E-state index in [4.69, 9.17) is 27.9 Å². The second-order valence-electron chi connectivity index (χ2n) is 5.70. The molecule has 1 atom stereocenters. The van der Waals surface area contributed by atoms with E-state index in [1.165, 1.54) is 24.4 Å². The molecule has 0 spiro atoms. The second-order valence-corrected chi connectivity index (χ2v) is 9.28. The van der Waals surface area contributed by atoms with Crippen LogP contribution in [0.5, 0.6) is 5.75 Å². The van der Waals surface area contributed by atoms with Gasteiger partial charge in [0.1, 0.15) is 18.5 Å². The zero-order chi connectivity index (χ0) is 20.1. The Morgan fingerprint density at radius 1 is 1.18 bits per heavy atom. The van der Waals surface area contributed by atoms with Gasteiger partial charge in [0, 0.05) is 16.6 Å². The summed E-state index contributed by atoms with van der Waals surface area (Å²) in [5.74, 6) is 0.344. The van der Waals surface area contributed by atoms with Crippen LogP contribution in [0.1, 0.15) is 0 Å². The monoisotopic (exact) mass is 458 g/mol. The number of benzene rings is 2. The number of thiazole rings is 1. The second kappa shape index (κ2) is 9.11. The minimum atomic E-state index is -3.89. The number of rotatable bonds is 8. The van der Waals surface area contributed by atoms with Crippen molar-refractivity contribution < 1.29 is 18.3 Å². The minimum Gasteiger partial charge on any atom is -0.489 e. The molecular weight excluding hydrogens is 443 g/mol. The zero-order valence-corrected chi connectivity index (χ0v) is 17.5. The third-order valence-electron chi connectivity index (χ3n) is 3.67. The van der Waals surface area contributed by atoms with E-state index in [9.17, 15) is 13.5 Å². The normalized spacial score (nSPS) is 12.5. The van der Waals surface area contributed by atoms with Crippen LogP contribution in [0.4, 0.5) is 5.13 Å². The lowest BCUT2D eigenvalue weighted by atomic mass is 10.3. The number of hydrogen-bond acceptors (Lipinski definition) is 6. The van der Waals surface area contributed by atoms with Crippen LogP contribution in [-0.2, 0) is 10.0 Å². The van der Waals surface area contributed by atoms with E-state index in [0.29, 0.717) is 15.8 Å². The predicted octanol–water partition coefficient (Wildman–Crippen LogP) is 4.09. The number of hydrogen-bond donors (Lipinski definition) is 1. The molecule has 1 aromatic heterocycles. The van der Waals surface area contributed by atoms with E-state index in [1.807, 2.05) is 0 Å². The topological polar surface area (TPSA) is 79.7 Å². The third-order valence-corrected chi connectivity index (χ3v) is 6.88. The molecule has 28 heavy (non-hydrogen) atoms. The first-order valence-electron chi connectivity index (χ1n) is 8.11. The van der Waals surface area contributed by atoms with Gasteiger partial charge < -0.3 is 9.84 Å². The van der Waals surface area contributed by atoms with Crippen LogP contribution in [0.2, 0.25) is 10.0 Å². The molecule has 10 heteroatoms. The molecule has 0 saturated heterocycles. The van der Waals surface area contributed by atoms with Crippen molar-refractivity contribution in [3.8, 4) is 5.75 Å². The number of aromatic nitrogens is 1. The van der Waals surface area contributed by atoms with Crippen LogP contribution in [0, 0.1) is 0 Å². The lowest BCUT2D eigenvalue weighted by molar-refractivity contribution is 0.115. The quantitative estimate of drug-likeness (QED) is 0.549. The Hall–Kier alpha value is -1.84. The van der Waals surface area contributed by atoms with Gasteiger partial charge in [-0.1, -0.05) is 41.4 Å². The molecule has 148 valence electrons. The Morgan fingerprint density at radius 2 is 1.93 bits per heavy atom. The highest BCUT2D eigenvalue weighted by Crippen LogP contribution is 2.28. The van der Waals surface area contributed by atoms with Gasteiger partial charge in [-0.25, -0.2) is 17.7 Å². The van der Waals surface area contributed by atoms with Crippen molar-refractivity contribution in [2.45, 2.75) is 11.0 Å². The number of nitrogens with zero attached hydrogens (tertiary/aromatic N) is 2. The standard InChI is InChI=1S/C18H16Cl2N2O4S2/c19-13-6-7-17(16(20)10-13)26-12-14(23)11-22(18-21-8-9-27-18)28(24,25)15-4-2-1-3-5-15/h1-10,14,23H,11-12H2. The lowest BCUT2D eigenvalue weighted by Crippen LogP contribution is -2.39. The molecule has 1 N–H and O–H groups in total. The Labute approximate surface area is 177 Å². The SMILES string of the molecule is O=S(=O)(c1ccccc1)N(CC(O)COc1ccc(Cl)cc1Cl)c1nccs1. The predicted molar refractivity (Wildman–Crippen MR) is 111 cm³/mol. The number of sulfonamides is 1. The van der Waals surface area contributed by atoms with Crippen molar-refractivity contribution in [3.05, 3.63) is 70.2 Å². The fourth-order valence-corrected chi connectivity index (χ4v) is 5.18. The van der Waals surface area contributed by atoms with Gasteiger partial charge in [-0.3, -0.25) is 0 Å². The van der Waals surface area contributed by atoms with Gasteiger partial charge in [-0.15, -0.1) is 11.3 Å². The van der Waals surface area contributed by atoms with Gasteiger partial charge >= 0.3 is 0 Å². The van der Waals surface area contributed by atoms with E-state index >= 15 is 0 Å². The number of aliphatic hydroxyl groups is 1. The molecule has 0 aliphatic carbocycles. The molecule has 0 aliphatic rings. The van der Waals surface area contributed by atoms with Crippen LogP contribution in [0.15, 0.2) is 65.0 Å². The first kappa shape index (κ1) is 20.9. The van der Waals surface area contributed by atoms with E-state index in [0.717, 1.165) is 15.6 Å². The van der Waals surface area contributed by atoms with Crippen molar-refractivity contribution >= 4 is 49.7 Å². The van der Waals surface area contributed by atoms with Gasteiger partial charge in [0.15, 0.2) is 5.13 Å². The molecule has 1 unspecified atom stereocenters. The third kappa shape index (κ3) is 4.95. The Balaban J connectivity index is 1.77. The van der Waals surface area contributed by atoms with Gasteiger partial charge in [-0.05, 0) is 30.3 Å². The number of ether oxygens (including phenoxy) is 1. The number of halogens is 2. The summed E-state index contributed by atoms with van der Waals surface area (Å²) in [5, 5.41) is 13.1. The summed E-state index contributed by atoms with van der Waals surface area (Å²) < 4.78 is 32.7. The van der Waals surface area contributed by atoms with Crippen LogP contribution < -0.4 is 9.04 Å². The van der Waals surface area contributed by atoms with Crippen LogP contribution in [-0.4, -0.2) is 37.8 Å². The smallest absolute Gasteiger partial charge is 0.266 e. The van der Waals surface area contributed by atoms with Crippen molar-refractivity contribution in [1.29, 1.82) is 0 Å². The largest absolute Gasteiger partial charge is 0.489 e. The summed E-state index contributed by atoms with van der Waals surface area (Å²) in [4.78, 5) is 4.19. The summed E-state index contributed by atoms with van der Waals surface area (Å²) in [6.07, 6.45) is 0.387. The highest BCUT2D eigenvalue weighted by atomic mass is 35.5. The molecule has 3 rings (SSSR count). The summed E-state index contributed by atoms with van der Waals surface area (Å²) in [5.41, 5.74) is 0. The summed E-state index contributed by atoms with van der Waals surface area (Å²) in [7, 11) is -3.89. The van der Waals surface area contributed by atoms with E-state index in [1.54, 1.807) is 35.7 Å². The molecule has 2 aromatic carbocycles. The van der Waals surface area contributed by atoms with Gasteiger partial charge in [0.2, 0.25) is 0 Å². The van der Waals surface area contributed by atoms with Crippen LogP contribution in [0.3, 0.4) is 0 Å². The Bertz CT molecular complexity index is 1020. The first-order valence-corrected chi connectivity index (χ1v) is 11.2. The maximum atomic E-state index is 13.0. The van der Waals surface area contributed by atoms with Gasteiger partial charge in [0.05, 0.1) is 16.5 Å². The first-order chi connectivity index (χ1) is 13.4. The van der Waals surface area contributed by atoms with Crippen molar-refractivity contribution in [2.24, 2.45) is 0 Å². The Morgan fingerprint density at radius 3 is 2.57 bits per heavy atom. The average molecular weight is 459 g/mol. The van der Waals surface area contributed by atoms with Crippen LogP contribution in [0.25, 0.3) is 0 Å². The summed E-state index contributed by atoms with van der Waals surface area (Å²) in [6.45, 7) is -0.385. The molecule has 1 heterocycles. The summed E-state index contributed by atoms with van der Waals surface area (Å²) in [6, 6.07) is 12.7. The molecule has 6 nitrogen and oxygen atoms in total. The minimum absolute atomic E-state index is 0.110. The van der Waals surface area contributed by atoms with E-state index in [-0.39, 0.29) is 23.2 Å². The molecule has 0 bridgehead atoms. The Kier molecular flexibility index (Phi) is 6.79. The van der Waals surface area contributed by atoms with Gasteiger partial charge in [0.25, 0.3) is 10.0 Å². The van der Waals surface area contributed by atoms with Crippen molar-refractivity contribution in [2.75, 3.05) is 17.5 Å². The van der Waals surface area contributed by atoms with Gasteiger partial charge in [-0.2, -0.15) is 0 Å². The molecule has 0 amide bonds.